The molecule has 0 saturated carbocycles. The number of imide groups is 1. The van der Waals surface area contributed by atoms with E-state index in [-0.39, 0.29) is 29.4 Å². The van der Waals surface area contributed by atoms with E-state index in [4.69, 9.17) is 0 Å². The smallest absolute Gasteiger partial charge is 0.238 e. The van der Waals surface area contributed by atoms with Crippen molar-refractivity contribution in [2.75, 3.05) is 4.90 Å². The van der Waals surface area contributed by atoms with Gasteiger partial charge >= 0.3 is 0 Å². The minimum atomic E-state index is -0.228. The highest BCUT2D eigenvalue weighted by molar-refractivity contribution is 6.22. The zero-order valence-corrected chi connectivity index (χ0v) is 12.1. The molecule has 0 bridgehead atoms. The lowest BCUT2D eigenvalue weighted by Gasteiger charge is -2.18. The van der Waals surface area contributed by atoms with Gasteiger partial charge in [0.2, 0.25) is 11.8 Å². The van der Waals surface area contributed by atoms with Gasteiger partial charge in [0, 0.05) is 5.56 Å². The van der Waals surface area contributed by atoms with Gasteiger partial charge in [-0.25, -0.2) is 0 Å². The van der Waals surface area contributed by atoms with Gasteiger partial charge in [0.05, 0.1) is 17.5 Å². The summed E-state index contributed by atoms with van der Waals surface area (Å²) in [6.07, 6.45) is 3.36. The molecule has 0 unspecified atom stereocenters. The van der Waals surface area contributed by atoms with Crippen LogP contribution in [0.5, 0.6) is 0 Å². The van der Waals surface area contributed by atoms with Crippen molar-refractivity contribution in [1.82, 2.24) is 0 Å². The lowest BCUT2D eigenvalue weighted by Crippen LogP contribution is -2.30. The highest BCUT2D eigenvalue weighted by Crippen LogP contribution is 2.39. The first-order valence-corrected chi connectivity index (χ1v) is 7.13. The lowest BCUT2D eigenvalue weighted by molar-refractivity contribution is -0.122. The Morgan fingerprint density at radius 1 is 1.10 bits per heavy atom. The molecule has 1 heterocycles. The molecule has 0 radical (unpaired) electrons. The van der Waals surface area contributed by atoms with Crippen LogP contribution < -0.4 is 4.90 Å². The summed E-state index contributed by atoms with van der Waals surface area (Å²) in [4.78, 5) is 37.6. The average molecular weight is 283 g/mol. The Labute approximate surface area is 123 Å². The molecule has 1 aliphatic carbocycles. The monoisotopic (exact) mass is 283 g/mol. The van der Waals surface area contributed by atoms with Crippen LogP contribution in [0, 0.1) is 11.8 Å². The summed E-state index contributed by atoms with van der Waals surface area (Å²) in [7, 11) is 0. The van der Waals surface area contributed by atoms with Crippen molar-refractivity contribution in [2.24, 2.45) is 11.8 Å². The predicted molar refractivity (Wildman–Crippen MR) is 78.9 cm³/mol. The van der Waals surface area contributed by atoms with Crippen LogP contribution in [0.25, 0.3) is 0 Å². The number of hydrogen-bond donors (Lipinski definition) is 0. The van der Waals surface area contributed by atoms with Crippen molar-refractivity contribution in [3.63, 3.8) is 0 Å². The number of anilines is 1. The third-order valence-corrected chi connectivity index (χ3v) is 4.36. The number of hydrogen-bond acceptors (Lipinski definition) is 3. The Hall–Kier alpha value is -2.23. The number of amides is 2. The quantitative estimate of drug-likeness (QED) is 0.476. The molecule has 1 aromatic carbocycles. The van der Waals surface area contributed by atoms with Gasteiger partial charge < -0.3 is 0 Å². The molecule has 4 nitrogen and oxygen atoms in total. The normalized spacial score (nSPS) is 24.9. The zero-order chi connectivity index (χ0) is 15.1. The fourth-order valence-electron chi connectivity index (χ4n) is 3.14. The van der Waals surface area contributed by atoms with Crippen molar-refractivity contribution in [3.8, 4) is 0 Å². The molecule has 2 aliphatic rings. The van der Waals surface area contributed by atoms with Crippen LogP contribution in [-0.4, -0.2) is 17.6 Å². The van der Waals surface area contributed by atoms with E-state index in [2.05, 4.69) is 6.08 Å². The molecule has 1 aromatic rings. The second kappa shape index (κ2) is 4.95. The molecule has 21 heavy (non-hydrogen) atoms. The second-order valence-electron chi connectivity index (χ2n) is 5.82. The van der Waals surface area contributed by atoms with Crippen LogP contribution in [0.15, 0.2) is 35.9 Å². The van der Waals surface area contributed by atoms with Crippen LogP contribution in [0.1, 0.15) is 37.0 Å². The Bertz CT molecular complexity index is 657. The maximum Gasteiger partial charge on any atom is 0.238 e. The third-order valence-electron chi connectivity index (χ3n) is 4.36. The van der Waals surface area contributed by atoms with E-state index < -0.39 is 0 Å². The molecule has 3 rings (SSSR count). The van der Waals surface area contributed by atoms with Gasteiger partial charge in [0.15, 0.2) is 5.78 Å². The Balaban J connectivity index is 1.91. The maximum atomic E-state index is 12.5. The number of ketones is 1. The van der Waals surface area contributed by atoms with E-state index in [0.717, 1.165) is 0 Å². The second-order valence-corrected chi connectivity index (χ2v) is 5.82. The van der Waals surface area contributed by atoms with E-state index in [1.165, 1.54) is 17.4 Å². The molecule has 1 aliphatic heterocycles. The standard InChI is InChI=1S/C17H17NO3/c1-10-3-8-14-15(9-10)17(21)18(16(14)20)13-6-4-12(5-7-13)11(2)19/h3-7,14-15H,8-9H2,1-2H3/t14-,15+/m1/s1. The van der Waals surface area contributed by atoms with Gasteiger partial charge in [-0.15, -0.1) is 0 Å². The molecule has 0 spiro atoms. The molecule has 4 heteroatoms. The molecule has 1 fully saturated rings. The number of benzene rings is 1. The van der Waals surface area contributed by atoms with E-state index in [1.54, 1.807) is 24.3 Å². The molecule has 1 saturated heterocycles. The molecule has 2 atom stereocenters. The molecule has 0 N–H and O–H groups in total. The first kappa shape index (κ1) is 13.7. The first-order chi connectivity index (χ1) is 9.99. The minimum absolute atomic E-state index is 0.0332. The zero-order valence-electron chi connectivity index (χ0n) is 12.1. The van der Waals surface area contributed by atoms with E-state index in [9.17, 15) is 14.4 Å². The maximum absolute atomic E-state index is 12.5. The number of carbonyl (C=O) groups is 3. The van der Waals surface area contributed by atoms with Crippen LogP contribution in [0.2, 0.25) is 0 Å². The molecular weight excluding hydrogens is 266 g/mol. The van der Waals surface area contributed by atoms with Crippen LogP contribution in [-0.2, 0) is 9.59 Å². The van der Waals surface area contributed by atoms with Crippen molar-refractivity contribution >= 4 is 23.3 Å². The number of Topliss-reactive ketones (excluding diaryl/α,β-unsaturated/α-hetero) is 1. The molecular formula is C17H17NO3. The Morgan fingerprint density at radius 2 is 1.71 bits per heavy atom. The summed E-state index contributed by atoms with van der Waals surface area (Å²) in [5, 5.41) is 0. The van der Waals surface area contributed by atoms with Gasteiger partial charge in [-0.2, -0.15) is 0 Å². The van der Waals surface area contributed by atoms with Gasteiger partial charge in [0.1, 0.15) is 0 Å². The number of fused-ring (bicyclic) bond motifs is 1. The minimum Gasteiger partial charge on any atom is -0.295 e. The van der Waals surface area contributed by atoms with Gasteiger partial charge in [-0.05, 0) is 51.0 Å². The van der Waals surface area contributed by atoms with Gasteiger partial charge in [-0.1, -0.05) is 11.6 Å². The third kappa shape index (κ3) is 2.20. The topological polar surface area (TPSA) is 54.5 Å². The highest BCUT2D eigenvalue weighted by atomic mass is 16.2. The van der Waals surface area contributed by atoms with Crippen molar-refractivity contribution in [3.05, 3.63) is 41.5 Å². The number of allylic oxidation sites excluding steroid dienone is 2. The van der Waals surface area contributed by atoms with E-state index in [1.807, 2.05) is 6.92 Å². The van der Waals surface area contributed by atoms with Crippen LogP contribution in [0.4, 0.5) is 5.69 Å². The lowest BCUT2D eigenvalue weighted by atomic mass is 9.82. The van der Waals surface area contributed by atoms with Crippen molar-refractivity contribution in [1.29, 1.82) is 0 Å². The highest BCUT2D eigenvalue weighted by Gasteiger charge is 2.48. The van der Waals surface area contributed by atoms with Crippen LogP contribution in [0.3, 0.4) is 0 Å². The Kier molecular flexibility index (Phi) is 3.24. The number of carbonyl (C=O) groups excluding carboxylic acids is 3. The van der Waals surface area contributed by atoms with E-state index in [0.29, 0.717) is 24.1 Å². The fraction of sp³-hybridized carbons (Fsp3) is 0.353. The number of rotatable bonds is 2. The molecule has 108 valence electrons. The predicted octanol–water partition coefficient (Wildman–Crippen LogP) is 2.73. The summed E-state index contributed by atoms with van der Waals surface area (Å²) in [6.45, 7) is 3.49. The summed E-state index contributed by atoms with van der Waals surface area (Å²) in [5.74, 6) is -0.727. The Morgan fingerprint density at radius 3 is 2.33 bits per heavy atom. The van der Waals surface area contributed by atoms with Crippen molar-refractivity contribution < 1.29 is 14.4 Å². The summed E-state index contributed by atoms with van der Waals surface area (Å²) in [5.41, 5.74) is 2.31. The van der Waals surface area contributed by atoms with Crippen molar-refractivity contribution in [2.45, 2.75) is 26.7 Å². The number of nitrogens with zero attached hydrogens (tertiary/aromatic N) is 1. The average Bonchev–Trinajstić information content (AvgIpc) is 2.70. The molecule has 0 aromatic heterocycles. The fourth-order valence-corrected chi connectivity index (χ4v) is 3.14. The van der Waals surface area contributed by atoms with Gasteiger partial charge in [0.25, 0.3) is 0 Å². The molecule has 2 amide bonds. The summed E-state index contributed by atoms with van der Waals surface area (Å²) >= 11 is 0. The van der Waals surface area contributed by atoms with Gasteiger partial charge in [-0.3, -0.25) is 19.3 Å². The summed E-state index contributed by atoms with van der Waals surface area (Å²) < 4.78 is 0. The summed E-state index contributed by atoms with van der Waals surface area (Å²) in [6, 6.07) is 6.65. The SMILES string of the molecule is CC(=O)c1ccc(N2C(=O)[C@H]3CC(C)=CC[C@H]3C2=O)cc1. The van der Waals surface area contributed by atoms with Crippen LogP contribution >= 0.6 is 0 Å². The largest absolute Gasteiger partial charge is 0.295 e. The van der Waals surface area contributed by atoms with E-state index >= 15 is 0 Å². The first-order valence-electron chi connectivity index (χ1n) is 7.13.